The van der Waals surface area contributed by atoms with Gasteiger partial charge in [-0.25, -0.2) is 0 Å². The van der Waals surface area contributed by atoms with Crippen molar-refractivity contribution in [2.24, 2.45) is 0 Å². The maximum atomic E-state index is 11.5. The zero-order chi connectivity index (χ0) is 15.9. The smallest absolute Gasteiger partial charge is 0.323 e. The third-order valence-electron chi connectivity index (χ3n) is 4.47. The summed E-state index contributed by atoms with van der Waals surface area (Å²) in [5.74, 6) is -0.712. The van der Waals surface area contributed by atoms with Gasteiger partial charge in [-0.2, -0.15) is 0 Å². The van der Waals surface area contributed by atoms with E-state index >= 15 is 0 Å². The van der Waals surface area contributed by atoms with Crippen molar-refractivity contribution in [2.45, 2.75) is 90.3 Å². The molecule has 2 N–H and O–H groups in total. The Morgan fingerprint density at radius 2 is 1.90 bits per heavy atom. The highest BCUT2D eigenvalue weighted by Crippen LogP contribution is 2.25. The van der Waals surface area contributed by atoms with Crippen LogP contribution in [0.2, 0.25) is 0 Å². The van der Waals surface area contributed by atoms with E-state index in [9.17, 15) is 9.90 Å². The number of unbranched alkanes of at least 4 members (excludes halogenated alkanes) is 2. The summed E-state index contributed by atoms with van der Waals surface area (Å²) in [4.78, 5) is 14.0. The Hall–Kier alpha value is -0.610. The van der Waals surface area contributed by atoms with Crippen molar-refractivity contribution < 1.29 is 9.90 Å². The van der Waals surface area contributed by atoms with Crippen LogP contribution in [0, 0.1) is 0 Å². The standard InChI is InChI=1S/C17H34N2O2/c1-5-6-7-12-19(14(2)3)13-8-11-17(4,16(20)21)18-15-9-10-15/h14-15,18H,5-13H2,1-4H3,(H,20,21). The molecule has 0 spiro atoms. The highest BCUT2D eigenvalue weighted by molar-refractivity contribution is 5.78. The minimum absolute atomic E-state index is 0.428. The molecule has 0 aliphatic heterocycles. The second-order valence-electron chi connectivity index (χ2n) is 7.00. The molecular formula is C17H34N2O2. The molecule has 0 bridgehead atoms. The molecule has 0 aromatic heterocycles. The van der Waals surface area contributed by atoms with E-state index in [0.29, 0.717) is 18.5 Å². The molecule has 1 unspecified atom stereocenters. The van der Waals surface area contributed by atoms with Gasteiger partial charge in [-0.3, -0.25) is 10.1 Å². The Labute approximate surface area is 130 Å². The fourth-order valence-electron chi connectivity index (χ4n) is 2.75. The fraction of sp³-hybridized carbons (Fsp3) is 0.941. The van der Waals surface area contributed by atoms with Gasteiger partial charge in [0.1, 0.15) is 5.54 Å². The Morgan fingerprint density at radius 3 is 2.38 bits per heavy atom. The van der Waals surface area contributed by atoms with Gasteiger partial charge in [0.25, 0.3) is 0 Å². The molecule has 1 rings (SSSR count). The normalized spacial score (nSPS) is 18.2. The number of carboxylic acid groups (broad SMARTS) is 1. The number of hydrogen-bond acceptors (Lipinski definition) is 3. The van der Waals surface area contributed by atoms with Gasteiger partial charge in [0, 0.05) is 12.1 Å². The first-order chi connectivity index (χ1) is 9.89. The third-order valence-corrected chi connectivity index (χ3v) is 4.47. The molecule has 1 saturated carbocycles. The zero-order valence-corrected chi connectivity index (χ0v) is 14.3. The highest BCUT2D eigenvalue weighted by atomic mass is 16.4. The fourth-order valence-corrected chi connectivity index (χ4v) is 2.75. The SMILES string of the molecule is CCCCCN(CCCC(C)(NC1CC1)C(=O)O)C(C)C. The van der Waals surface area contributed by atoms with Gasteiger partial charge in [-0.05, 0) is 66.0 Å². The van der Waals surface area contributed by atoms with Crippen molar-refractivity contribution in [3.63, 3.8) is 0 Å². The molecule has 0 radical (unpaired) electrons. The van der Waals surface area contributed by atoms with Crippen molar-refractivity contribution in [1.29, 1.82) is 0 Å². The summed E-state index contributed by atoms with van der Waals surface area (Å²) in [6, 6.07) is 0.964. The van der Waals surface area contributed by atoms with Crippen molar-refractivity contribution >= 4 is 5.97 Å². The number of nitrogens with zero attached hydrogens (tertiary/aromatic N) is 1. The van der Waals surface area contributed by atoms with E-state index in [-0.39, 0.29) is 0 Å². The van der Waals surface area contributed by atoms with E-state index < -0.39 is 11.5 Å². The molecule has 0 heterocycles. The number of hydrogen-bond donors (Lipinski definition) is 2. The van der Waals surface area contributed by atoms with Crippen molar-refractivity contribution in [1.82, 2.24) is 10.2 Å². The lowest BCUT2D eigenvalue weighted by molar-refractivity contribution is -0.144. The van der Waals surface area contributed by atoms with Gasteiger partial charge < -0.3 is 10.0 Å². The number of nitrogens with one attached hydrogen (secondary N) is 1. The first kappa shape index (κ1) is 18.4. The summed E-state index contributed by atoms with van der Waals surface area (Å²) < 4.78 is 0. The van der Waals surface area contributed by atoms with Crippen molar-refractivity contribution in [3.8, 4) is 0 Å². The largest absolute Gasteiger partial charge is 0.480 e. The van der Waals surface area contributed by atoms with E-state index in [0.717, 1.165) is 32.4 Å². The Balaban J connectivity index is 2.37. The number of carboxylic acids is 1. The highest BCUT2D eigenvalue weighted by Gasteiger charge is 2.37. The van der Waals surface area contributed by atoms with Gasteiger partial charge >= 0.3 is 5.97 Å². The molecule has 1 aliphatic carbocycles. The van der Waals surface area contributed by atoms with Crippen LogP contribution in [-0.4, -0.2) is 46.7 Å². The predicted molar refractivity (Wildman–Crippen MR) is 87.7 cm³/mol. The van der Waals surface area contributed by atoms with Crippen LogP contribution in [0.5, 0.6) is 0 Å². The second-order valence-corrected chi connectivity index (χ2v) is 7.00. The summed E-state index contributed by atoms with van der Waals surface area (Å²) in [5, 5.41) is 12.8. The lowest BCUT2D eigenvalue weighted by Gasteiger charge is -2.30. The van der Waals surface area contributed by atoms with E-state index in [1.165, 1.54) is 19.3 Å². The predicted octanol–water partition coefficient (Wildman–Crippen LogP) is 3.26. The summed E-state index contributed by atoms with van der Waals surface area (Å²) in [5.41, 5.74) is -0.757. The van der Waals surface area contributed by atoms with Crippen molar-refractivity contribution in [2.75, 3.05) is 13.1 Å². The van der Waals surface area contributed by atoms with Crippen LogP contribution in [0.15, 0.2) is 0 Å². The van der Waals surface area contributed by atoms with Crippen LogP contribution >= 0.6 is 0 Å². The lowest BCUT2D eigenvalue weighted by Crippen LogP contribution is -2.51. The summed E-state index contributed by atoms with van der Waals surface area (Å²) in [6.07, 6.45) is 7.65. The van der Waals surface area contributed by atoms with Crippen LogP contribution in [-0.2, 0) is 4.79 Å². The zero-order valence-electron chi connectivity index (χ0n) is 14.3. The molecular weight excluding hydrogens is 264 g/mol. The maximum absolute atomic E-state index is 11.5. The van der Waals surface area contributed by atoms with Crippen LogP contribution in [0.1, 0.15) is 72.6 Å². The molecule has 0 saturated heterocycles. The number of carbonyl (C=O) groups is 1. The van der Waals surface area contributed by atoms with Crippen molar-refractivity contribution in [3.05, 3.63) is 0 Å². The molecule has 124 valence electrons. The molecule has 4 heteroatoms. The molecule has 4 nitrogen and oxygen atoms in total. The topological polar surface area (TPSA) is 52.6 Å². The van der Waals surface area contributed by atoms with Crippen LogP contribution in [0.3, 0.4) is 0 Å². The summed E-state index contributed by atoms with van der Waals surface area (Å²) >= 11 is 0. The average Bonchev–Trinajstić information content (AvgIpc) is 3.20. The minimum Gasteiger partial charge on any atom is -0.480 e. The third kappa shape index (κ3) is 6.79. The van der Waals surface area contributed by atoms with Gasteiger partial charge in [0.15, 0.2) is 0 Å². The Kier molecular flexibility index (Phi) is 7.67. The quantitative estimate of drug-likeness (QED) is 0.543. The first-order valence-corrected chi connectivity index (χ1v) is 8.64. The van der Waals surface area contributed by atoms with Gasteiger partial charge in [-0.1, -0.05) is 19.8 Å². The monoisotopic (exact) mass is 298 g/mol. The van der Waals surface area contributed by atoms with Gasteiger partial charge in [0.05, 0.1) is 0 Å². The number of aliphatic carboxylic acids is 1. The summed E-state index contributed by atoms with van der Waals surface area (Å²) in [6.45, 7) is 10.6. The first-order valence-electron chi connectivity index (χ1n) is 8.64. The van der Waals surface area contributed by atoms with Crippen LogP contribution in [0.25, 0.3) is 0 Å². The number of rotatable bonds is 12. The summed E-state index contributed by atoms with van der Waals surface area (Å²) in [7, 11) is 0. The Morgan fingerprint density at radius 1 is 1.29 bits per heavy atom. The molecule has 21 heavy (non-hydrogen) atoms. The minimum atomic E-state index is -0.757. The average molecular weight is 298 g/mol. The molecule has 1 aliphatic rings. The molecule has 1 atom stereocenters. The Bertz CT molecular complexity index is 316. The van der Waals surface area contributed by atoms with E-state index in [4.69, 9.17) is 0 Å². The maximum Gasteiger partial charge on any atom is 0.323 e. The van der Waals surface area contributed by atoms with E-state index in [2.05, 4.69) is 31.0 Å². The molecule has 0 aromatic carbocycles. The van der Waals surface area contributed by atoms with E-state index in [1.807, 2.05) is 6.92 Å². The lowest BCUT2D eigenvalue weighted by atomic mass is 9.95. The van der Waals surface area contributed by atoms with E-state index in [1.54, 1.807) is 0 Å². The van der Waals surface area contributed by atoms with Gasteiger partial charge in [0.2, 0.25) is 0 Å². The molecule has 0 amide bonds. The molecule has 1 fully saturated rings. The van der Waals surface area contributed by atoms with Gasteiger partial charge in [-0.15, -0.1) is 0 Å². The van der Waals surface area contributed by atoms with Crippen LogP contribution < -0.4 is 5.32 Å². The second kappa shape index (κ2) is 8.74. The molecule has 0 aromatic rings. The van der Waals surface area contributed by atoms with Crippen LogP contribution in [0.4, 0.5) is 0 Å².